The molecule has 0 unspecified atom stereocenters. The lowest BCUT2D eigenvalue weighted by Gasteiger charge is -2.24. The number of hydrogen-bond donors (Lipinski definition) is 2. The van der Waals surface area contributed by atoms with Crippen molar-refractivity contribution < 1.29 is 14.4 Å². The van der Waals surface area contributed by atoms with Gasteiger partial charge in [-0.3, -0.25) is 0 Å². The number of hydrogen-bond acceptors (Lipinski definition) is 7. The second-order valence-electron chi connectivity index (χ2n) is 3.80. The lowest BCUT2D eigenvalue weighted by atomic mass is 10.2. The van der Waals surface area contributed by atoms with Crippen LogP contribution in [0.25, 0.3) is 0 Å². The number of aliphatic hydroxyl groups is 1. The fourth-order valence-electron chi connectivity index (χ4n) is 1.46. The Morgan fingerprint density at radius 2 is 2.12 bits per heavy atom. The van der Waals surface area contributed by atoms with Gasteiger partial charge in [0.25, 0.3) is 5.95 Å². The molecule has 2 atom stereocenters. The lowest BCUT2D eigenvalue weighted by Crippen LogP contribution is -2.37. The predicted molar refractivity (Wildman–Crippen MR) is 55.9 cm³/mol. The maximum absolute atomic E-state index is 9.31. The molecule has 90 valence electrons. The molecule has 1 aliphatic heterocycles. The number of nitrogens with zero attached hydrogens (tertiary/aromatic N) is 3. The van der Waals surface area contributed by atoms with E-state index in [0.717, 1.165) is 13.1 Å². The summed E-state index contributed by atoms with van der Waals surface area (Å²) in [6.45, 7) is 4.38. The van der Waals surface area contributed by atoms with Gasteiger partial charge in [0.05, 0.1) is 19.3 Å². The molecule has 1 aromatic heterocycles. The molecule has 0 spiro atoms. The Labute approximate surface area is 93.2 Å². The van der Waals surface area contributed by atoms with E-state index in [2.05, 4.69) is 10.1 Å². The number of rotatable bonds is 3. The van der Waals surface area contributed by atoms with Crippen molar-refractivity contribution in [1.82, 2.24) is 10.1 Å². The Kier molecular flexibility index (Phi) is 3.37. The van der Waals surface area contributed by atoms with Gasteiger partial charge in [0.1, 0.15) is 6.04 Å². The van der Waals surface area contributed by atoms with Crippen LogP contribution in [0.1, 0.15) is 18.9 Å². The van der Waals surface area contributed by atoms with Crippen molar-refractivity contribution in [2.24, 2.45) is 5.73 Å². The number of anilines is 1. The van der Waals surface area contributed by atoms with Crippen molar-refractivity contribution in [2.45, 2.75) is 19.1 Å². The quantitative estimate of drug-likeness (QED) is 0.705. The van der Waals surface area contributed by atoms with Crippen LogP contribution in [0.5, 0.6) is 0 Å². The zero-order valence-electron chi connectivity index (χ0n) is 9.17. The van der Waals surface area contributed by atoms with Gasteiger partial charge in [0, 0.05) is 13.1 Å². The van der Waals surface area contributed by atoms with Gasteiger partial charge in [-0.25, -0.2) is 0 Å². The van der Waals surface area contributed by atoms with Gasteiger partial charge < -0.3 is 25.0 Å². The lowest BCUT2D eigenvalue weighted by molar-refractivity contribution is 0.121. The van der Waals surface area contributed by atoms with E-state index in [1.165, 1.54) is 0 Å². The minimum atomic E-state index is -0.710. The summed E-state index contributed by atoms with van der Waals surface area (Å²) in [5, 5.41) is 13.1. The Bertz CT molecular complexity index is 335. The average Bonchev–Trinajstić information content (AvgIpc) is 2.78. The summed E-state index contributed by atoms with van der Waals surface area (Å²) in [4.78, 5) is 6.13. The molecule has 3 N–H and O–H groups in total. The summed E-state index contributed by atoms with van der Waals surface area (Å²) in [6.07, 6.45) is -0.710. The van der Waals surface area contributed by atoms with Crippen LogP contribution in [0.2, 0.25) is 0 Å². The highest BCUT2D eigenvalue weighted by molar-refractivity contribution is 5.28. The van der Waals surface area contributed by atoms with E-state index in [-0.39, 0.29) is 5.89 Å². The maximum atomic E-state index is 9.31. The van der Waals surface area contributed by atoms with E-state index in [1.807, 2.05) is 4.90 Å². The fourth-order valence-corrected chi connectivity index (χ4v) is 1.46. The van der Waals surface area contributed by atoms with Gasteiger partial charge in [-0.05, 0) is 12.1 Å². The summed E-state index contributed by atoms with van der Waals surface area (Å²) >= 11 is 0. The van der Waals surface area contributed by atoms with E-state index in [1.54, 1.807) is 6.92 Å². The molecule has 16 heavy (non-hydrogen) atoms. The molecule has 0 radical (unpaired) electrons. The molecule has 0 aromatic carbocycles. The third-order valence-electron chi connectivity index (χ3n) is 2.53. The van der Waals surface area contributed by atoms with Crippen molar-refractivity contribution in [2.75, 3.05) is 31.2 Å². The first-order valence-electron chi connectivity index (χ1n) is 5.28. The average molecular weight is 228 g/mol. The summed E-state index contributed by atoms with van der Waals surface area (Å²) < 4.78 is 10.2. The van der Waals surface area contributed by atoms with Crippen LogP contribution < -0.4 is 10.6 Å². The molecule has 7 nitrogen and oxygen atoms in total. The van der Waals surface area contributed by atoms with Crippen LogP contribution in [0.15, 0.2) is 4.52 Å². The number of ether oxygens (including phenoxy) is 1. The van der Waals surface area contributed by atoms with Crippen LogP contribution >= 0.6 is 0 Å². The van der Waals surface area contributed by atoms with Gasteiger partial charge in [-0.15, -0.1) is 0 Å². The van der Waals surface area contributed by atoms with Crippen molar-refractivity contribution in [3.8, 4) is 0 Å². The summed E-state index contributed by atoms with van der Waals surface area (Å²) in [6, 6.07) is -0.637. The van der Waals surface area contributed by atoms with Crippen LogP contribution in [0, 0.1) is 0 Å². The molecule has 1 aromatic rings. The first-order chi connectivity index (χ1) is 7.68. The molecular weight excluding hydrogens is 212 g/mol. The fraction of sp³-hybridized carbons (Fsp3) is 0.778. The number of nitrogens with two attached hydrogens (primary N) is 1. The molecule has 1 fully saturated rings. The summed E-state index contributed by atoms with van der Waals surface area (Å²) in [5.74, 6) is 0.769. The molecule has 0 aliphatic carbocycles. The van der Waals surface area contributed by atoms with Crippen LogP contribution in [0.3, 0.4) is 0 Å². The molecule has 7 heteroatoms. The first-order valence-corrected chi connectivity index (χ1v) is 5.28. The van der Waals surface area contributed by atoms with Gasteiger partial charge >= 0.3 is 0 Å². The van der Waals surface area contributed by atoms with E-state index < -0.39 is 12.1 Å². The minimum Gasteiger partial charge on any atom is -0.391 e. The van der Waals surface area contributed by atoms with Crippen LogP contribution in [0.4, 0.5) is 5.95 Å². The summed E-state index contributed by atoms with van der Waals surface area (Å²) in [5.41, 5.74) is 5.69. The monoisotopic (exact) mass is 228 g/mol. The molecule has 0 saturated carbocycles. The van der Waals surface area contributed by atoms with E-state index in [4.69, 9.17) is 15.0 Å². The smallest absolute Gasteiger partial charge is 0.266 e. The Morgan fingerprint density at radius 3 is 2.75 bits per heavy atom. The second kappa shape index (κ2) is 4.77. The van der Waals surface area contributed by atoms with E-state index >= 15 is 0 Å². The van der Waals surface area contributed by atoms with Gasteiger partial charge in [0.2, 0.25) is 5.89 Å². The second-order valence-corrected chi connectivity index (χ2v) is 3.80. The van der Waals surface area contributed by atoms with Crippen LogP contribution in [-0.4, -0.2) is 47.7 Å². The van der Waals surface area contributed by atoms with Crippen molar-refractivity contribution in [3.63, 3.8) is 0 Å². The molecule has 0 amide bonds. The third-order valence-corrected chi connectivity index (χ3v) is 2.53. The highest BCUT2D eigenvalue weighted by Gasteiger charge is 2.22. The van der Waals surface area contributed by atoms with E-state index in [9.17, 15) is 5.11 Å². The zero-order valence-corrected chi connectivity index (χ0v) is 9.17. The minimum absolute atomic E-state index is 0.261. The Morgan fingerprint density at radius 1 is 1.44 bits per heavy atom. The Hall–Kier alpha value is -1.18. The number of aliphatic hydroxyl groups excluding tert-OH is 1. The van der Waals surface area contributed by atoms with E-state index in [0.29, 0.717) is 19.2 Å². The van der Waals surface area contributed by atoms with Crippen LogP contribution in [-0.2, 0) is 4.74 Å². The topological polar surface area (TPSA) is 97.6 Å². The molecule has 1 saturated heterocycles. The molecule has 0 bridgehead atoms. The van der Waals surface area contributed by atoms with Gasteiger partial charge in [-0.2, -0.15) is 4.98 Å². The van der Waals surface area contributed by atoms with Crippen molar-refractivity contribution in [3.05, 3.63) is 5.89 Å². The standard InChI is InChI=1S/C9H16N4O3/c1-6(14)7(10)8-11-9(12-16-8)13-2-4-15-5-3-13/h6-7,14H,2-5,10H2,1H3/t6-,7-/m0/s1. The summed E-state index contributed by atoms with van der Waals surface area (Å²) in [7, 11) is 0. The zero-order chi connectivity index (χ0) is 11.5. The predicted octanol–water partition coefficient (Wildman–Crippen LogP) is -0.713. The SMILES string of the molecule is C[C@H](O)[C@H](N)c1nc(N2CCOCC2)no1. The number of morpholine rings is 1. The van der Waals surface area contributed by atoms with Gasteiger partial charge in [-0.1, -0.05) is 0 Å². The Balaban J connectivity index is 2.06. The first kappa shape index (κ1) is 11.3. The molecule has 2 heterocycles. The van der Waals surface area contributed by atoms with Gasteiger partial charge in [0.15, 0.2) is 0 Å². The number of aromatic nitrogens is 2. The molecular formula is C9H16N4O3. The third kappa shape index (κ3) is 2.31. The molecule has 2 rings (SSSR count). The van der Waals surface area contributed by atoms with Crippen molar-refractivity contribution in [1.29, 1.82) is 0 Å². The molecule has 1 aliphatic rings. The highest BCUT2D eigenvalue weighted by Crippen LogP contribution is 2.16. The highest BCUT2D eigenvalue weighted by atomic mass is 16.5. The maximum Gasteiger partial charge on any atom is 0.266 e. The normalized spacial score (nSPS) is 20.8. The van der Waals surface area contributed by atoms with Crippen molar-refractivity contribution >= 4 is 5.95 Å². The largest absolute Gasteiger partial charge is 0.391 e.